The number of rotatable bonds is 5. The summed E-state index contributed by atoms with van der Waals surface area (Å²) in [6.45, 7) is 6.68. The highest BCUT2D eigenvalue weighted by molar-refractivity contribution is 7.80. The van der Waals surface area contributed by atoms with Crippen LogP contribution in [0.25, 0.3) is 0 Å². The van der Waals surface area contributed by atoms with E-state index in [1.165, 1.54) is 0 Å². The highest BCUT2D eigenvalue weighted by Crippen LogP contribution is 2.14. The second-order valence-corrected chi connectivity index (χ2v) is 3.94. The van der Waals surface area contributed by atoms with E-state index in [0.29, 0.717) is 22.9 Å². The third kappa shape index (κ3) is 4.18. The van der Waals surface area contributed by atoms with Gasteiger partial charge in [-0.15, -0.1) is 6.58 Å². The van der Waals surface area contributed by atoms with Gasteiger partial charge in [0.25, 0.3) is 5.91 Å². The Kier molecular flexibility index (Phi) is 5.87. The van der Waals surface area contributed by atoms with Crippen LogP contribution >= 0.6 is 12.2 Å². The predicted molar refractivity (Wildman–Crippen MR) is 78.9 cm³/mol. The molecule has 0 atom stereocenters. The number of carbonyl (C=O) groups excluding carboxylic acids is 1. The quantitative estimate of drug-likeness (QED) is 0.561. The molecule has 1 rings (SSSR count). The molecule has 0 spiro atoms. The third-order valence-corrected chi connectivity index (χ3v) is 2.41. The van der Waals surface area contributed by atoms with Gasteiger partial charge in [0.05, 0.1) is 11.3 Å². The van der Waals surface area contributed by atoms with Crippen molar-refractivity contribution in [1.82, 2.24) is 10.6 Å². The fourth-order valence-electron chi connectivity index (χ4n) is 1.38. The van der Waals surface area contributed by atoms with Crippen LogP contribution in [0, 0.1) is 0 Å². The largest absolute Gasteiger partial charge is 0.363 e. The Morgan fingerprint density at radius 1 is 1.39 bits per heavy atom. The monoisotopic (exact) mass is 263 g/mol. The minimum Gasteiger partial charge on any atom is -0.363 e. The van der Waals surface area contributed by atoms with E-state index < -0.39 is 0 Å². The number of benzene rings is 1. The van der Waals surface area contributed by atoms with Crippen LogP contribution in [0.2, 0.25) is 0 Å². The maximum absolute atomic E-state index is 11.9. The predicted octanol–water partition coefficient (Wildman–Crippen LogP) is 1.91. The van der Waals surface area contributed by atoms with E-state index in [2.05, 4.69) is 22.5 Å². The summed E-state index contributed by atoms with van der Waals surface area (Å²) in [7, 11) is 0. The number of anilines is 1. The van der Waals surface area contributed by atoms with Crippen molar-refractivity contribution in [1.29, 1.82) is 0 Å². The third-order valence-electron chi connectivity index (χ3n) is 2.16. The first-order valence-electron chi connectivity index (χ1n) is 5.72. The van der Waals surface area contributed by atoms with E-state index in [1.54, 1.807) is 12.1 Å². The van der Waals surface area contributed by atoms with Crippen LogP contribution in [-0.4, -0.2) is 24.1 Å². The summed E-state index contributed by atoms with van der Waals surface area (Å²) in [5, 5.41) is 9.21. The van der Waals surface area contributed by atoms with E-state index >= 15 is 0 Å². The summed E-state index contributed by atoms with van der Waals surface area (Å²) in [6, 6.07) is 7.22. The van der Waals surface area contributed by atoms with Crippen LogP contribution in [-0.2, 0) is 0 Å². The highest BCUT2D eigenvalue weighted by atomic mass is 32.1. The molecule has 1 amide bonds. The molecule has 0 radical (unpaired) electrons. The number of para-hydroxylation sites is 1. The van der Waals surface area contributed by atoms with Gasteiger partial charge >= 0.3 is 0 Å². The van der Waals surface area contributed by atoms with Crippen molar-refractivity contribution in [2.24, 2.45) is 0 Å². The number of hydrogen-bond donors (Lipinski definition) is 3. The molecule has 3 N–H and O–H groups in total. The van der Waals surface area contributed by atoms with E-state index in [-0.39, 0.29) is 5.91 Å². The van der Waals surface area contributed by atoms with Crippen molar-refractivity contribution in [3.8, 4) is 0 Å². The van der Waals surface area contributed by atoms with Gasteiger partial charge in [-0.05, 0) is 31.3 Å². The molecular formula is C13H17N3OS. The zero-order valence-corrected chi connectivity index (χ0v) is 11.1. The fraction of sp³-hybridized carbons (Fsp3) is 0.231. The number of carbonyl (C=O) groups is 1. The summed E-state index contributed by atoms with van der Waals surface area (Å²) in [6.07, 6.45) is 1.64. The minimum absolute atomic E-state index is 0.155. The van der Waals surface area contributed by atoms with Gasteiger partial charge in [-0.3, -0.25) is 4.79 Å². The summed E-state index contributed by atoms with van der Waals surface area (Å²) in [5.74, 6) is -0.155. The summed E-state index contributed by atoms with van der Waals surface area (Å²) < 4.78 is 0. The van der Waals surface area contributed by atoms with Crippen molar-refractivity contribution in [2.75, 3.05) is 18.4 Å². The number of thiocarbonyl (C=S) groups is 1. The lowest BCUT2D eigenvalue weighted by molar-refractivity contribution is 0.0959. The van der Waals surface area contributed by atoms with Gasteiger partial charge < -0.3 is 16.0 Å². The standard InChI is InChI=1S/C13H17N3OS/c1-3-9-15-12(17)10-7-5-6-8-11(10)16-13(18)14-4-2/h3,5-8H,1,4,9H2,2H3,(H,15,17)(H2,14,16,18). The van der Waals surface area contributed by atoms with Crippen molar-refractivity contribution < 1.29 is 4.79 Å². The molecule has 4 nitrogen and oxygen atoms in total. The molecule has 1 aromatic carbocycles. The first kappa shape index (κ1) is 14.2. The molecule has 0 aliphatic carbocycles. The van der Waals surface area contributed by atoms with Gasteiger partial charge in [0.1, 0.15) is 0 Å². The van der Waals surface area contributed by atoms with Crippen LogP contribution in [0.15, 0.2) is 36.9 Å². The molecule has 0 heterocycles. The lowest BCUT2D eigenvalue weighted by Gasteiger charge is -2.12. The maximum Gasteiger partial charge on any atom is 0.253 e. The van der Waals surface area contributed by atoms with Gasteiger partial charge in [-0.1, -0.05) is 18.2 Å². The first-order valence-corrected chi connectivity index (χ1v) is 6.12. The SMILES string of the molecule is C=CCNC(=O)c1ccccc1NC(=S)NCC. The summed E-state index contributed by atoms with van der Waals surface area (Å²) in [4.78, 5) is 11.9. The zero-order valence-electron chi connectivity index (χ0n) is 10.3. The maximum atomic E-state index is 11.9. The van der Waals surface area contributed by atoms with Gasteiger partial charge in [0.15, 0.2) is 5.11 Å². The Labute approximate surface area is 112 Å². The van der Waals surface area contributed by atoms with Gasteiger partial charge in [-0.25, -0.2) is 0 Å². The lowest BCUT2D eigenvalue weighted by Crippen LogP contribution is -2.30. The van der Waals surface area contributed by atoms with Crippen molar-refractivity contribution in [2.45, 2.75) is 6.92 Å². The van der Waals surface area contributed by atoms with Gasteiger partial charge in [-0.2, -0.15) is 0 Å². The smallest absolute Gasteiger partial charge is 0.253 e. The van der Waals surface area contributed by atoms with E-state index in [9.17, 15) is 4.79 Å². The van der Waals surface area contributed by atoms with Crippen LogP contribution in [0.5, 0.6) is 0 Å². The summed E-state index contributed by atoms with van der Waals surface area (Å²) in [5.41, 5.74) is 1.24. The van der Waals surface area contributed by atoms with Crippen molar-refractivity contribution in [3.63, 3.8) is 0 Å². The zero-order chi connectivity index (χ0) is 13.4. The normalized spacial score (nSPS) is 9.39. The van der Waals surface area contributed by atoms with Crippen LogP contribution in [0.1, 0.15) is 17.3 Å². The fourth-order valence-corrected chi connectivity index (χ4v) is 1.63. The summed E-state index contributed by atoms with van der Waals surface area (Å²) >= 11 is 5.10. The van der Waals surface area contributed by atoms with Gasteiger partial charge in [0, 0.05) is 13.1 Å². The second kappa shape index (κ2) is 7.45. The minimum atomic E-state index is -0.155. The Morgan fingerprint density at radius 3 is 2.78 bits per heavy atom. The molecule has 0 unspecified atom stereocenters. The lowest BCUT2D eigenvalue weighted by atomic mass is 10.1. The average Bonchev–Trinajstić information content (AvgIpc) is 2.37. The molecular weight excluding hydrogens is 246 g/mol. The second-order valence-electron chi connectivity index (χ2n) is 3.53. The van der Waals surface area contributed by atoms with E-state index in [0.717, 1.165) is 6.54 Å². The molecule has 1 aromatic rings. The van der Waals surface area contributed by atoms with Crippen LogP contribution in [0.3, 0.4) is 0 Å². The van der Waals surface area contributed by atoms with Crippen molar-refractivity contribution >= 4 is 28.9 Å². The van der Waals surface area contributed by atoms with Crippen LogP contribution < -0.4 is 16.0 Å². The van der Waals surface area contributed by atoms with Crippen molar-refractivity contribution in [3.05, 3.63) is 42.5 Å². The van der Waals surface area contributed by atoms with Crippen LogP contribution in [0.4, 0.5) is 5.69 Å². The molecule has 96 valence electrons. The molecule has 0 fully saturated rings. The number of amides is 1. The Hall–Kier alpha value is -1.88. The molecule has 0 bridgehead atoms. The average molecular weight is 263 g/mol. The van der Waals surface area contributed by atoms with E-state index in [4.69, 9.17) is 12.2 Å². The first-order chi connectivity index (χ1) is 8.69. The molecule has 0 saturated heterocycles. The molecule has 0 aliphatic rings. The Balaban J connectivity index is 2.81. The highest BCUT2D eigenvalue weighted by Gasteiger charge is 2.10. The number of nitrogens with one attached hydrogen (secondary N) is 3. The Bertz CT molecular complexity index is 446. The molecule has 5 heteroatoms. The molecule has 0 aromatic heterocycles. The van der Waals surface area contributed by atoms with E-state index in [1.807, 2.05) is 25.1 Å². The molecule has 18 heavy (non-hydrogen) atoms. The number of hydrogen-bond acceptors (Lipinski definition) is 2. The topological polar surface area (TPSA) is 53.2 Å². The van der Waals surface area contributed by atoms with Gasteiger partial charge in [0.2, 0.25) is 0 Å². The molecule has 0 saturated carbocycles. The Morgan fingerprint density at radius 2 is 2.11 bits per heavy atom. The molecule has 0 aliphatic heterocycles.